The largest absolute Gasteiger partial charge is 0.366 e. The van der Waals surface area contributed by atoms with Crippen molar-refractivity contribution in [3.8, 4) is 0 Å². The number of nitrogens with one attached hydrogen (secondary N) is 1. The Balaban J connectivity index is 2.21. The number of anilines is 1. The van der Waals surface area contributed by atoms with E-state index < -0.39 is 0 Å². The van der Waals surface area contributed by atoms with Crippen LogP contribution in [0.5, 0.6) is 0 Å². The molecular weight excluding hydrogens is 275 g/mol. The highest BCUT2D eigenvalue weighted by molar-refractivity contribution is 6.32. The third-order valence-corrected chi connectivity index (χ3v) is 3.22. The van der Waals surface area contributed by atoms with Gasteiger partial charge in [0.1, 0.15) is 5.69 Å². The molecule has 1 aromatic rings. The highest BCUT2D eigenvalue weighted by Crippen LogP contribution is 2.24. The molecule has 0 aromatic carbocycles. The van der Waals surface area contributed by atoms with Crippen LogP contribution < -0.4 is 10.2 Å². The van der Waals surface area contributed by atoms with Crippen molar-refractivity contribution >= 4 is 35.0 Å². The fourth-order valence-corrected chi connectivity index (χ4v) is 2.21. The Morgan fingerprint density at radius 2 is 2.11 bits per heavy atom. The summed E-state index contributed by atoms with van der Waals surface area (Å²) in [6, 6.07) is 3.46. The maximum absolute atomic E-state index is 11.6. The van der Waals surface area contributed by atoms with Crippen molar-refractivity contribution in [3.63, 3.8) is 0 Å². The highest BCUT2D eigenvalue weighted by atomic mass is 35.5. The topological polar surface area (TPSA) is 48.5 Å². The van der Waals surface area contributed by atoms with Crippen molar-refractivity contribution in [2.75, 3.05) is 38.1 Å². The van der Waals surface area contributed by atoms with Gasteiger partial charge < -0.3 is 10.2 Å². The number of piperazine rings is 1. The van der Waals surface area contributed by atoms with Gasteiger partial charge in [-0.2, -0.15) is 0 Å². The van der Waals surface area contributed by atoms with E-state index in [9.17, 15) is 4.79 Å². The molecule has 1 N–H and O–H groups in total. The lowest BCUT2D eigenvalue weighted by molar-refractivity contribution is 0.0879. The number of aromatic nitrogens is 1. The number of hydrogen-bond acceptors (Lipinski definition) is 4. The van der Waals surface area contributed by atoms with Crippen LogP contribution in [-0.2, 0) is 0 Å². The summed E-state index contributed by atoms with van der Waals surface area (Å²) >= 11 is 11.7. The third-order valence-electron chi connectivity index (χ3n) is 2.79. The Hall–Kier alpha value is -1.04. The first-order chi connectivity index (χ1) is 8.59. The van der Waals surface area contributed by atoms with E-state index in [4.69, 9.17) is 23.4 Å². The van der Waals surface area contributed by atoms with Gasteiger partial charge in [0.15, 0.2) is 5.15 Å². The Kier molecular flexibility index (Phi) is 4.27. The van der Waals surface area contributed by atoms with E-state index in [-0.39, 0.29) is 11.6 Å². The second kappa shape index (κ2) is 5.73. The fraction of sp³-hybridized carbons (Fsp3) is 0.455. The maximum atomic E-state index is 11.6. The Bertz CT molecular complexity index is 447. The van der Waals surface area contributed by atoms with Crippen LogP contribution in [-0.4, -0.2) is 48.5 Å². The molecular formula is C11H14Cl2N4O. The summed E-state index contributed by atoms with van der Waals surface area (Å²) in [5.41, 5.74) is 1.10. The van der Waals surface area contributed by atoms with Gasteiger partial charge in [0.05, 0.1) is 5.69 Å². The molecule has 0 aliphatic carbocycles. The minimum absolute atomic E-state index is 0.247. The molecule has 98 valence electrons. The Morgan fingerprint density at radius 3 is 2.67 bits per heavy atom. The number of carbonyl (C=O) groups excluding carboxylic acids is 1. The lowest BCUT2D eigenvalue weighted by atomic mass is 10.2. The molecule has 2 heterocycles. The van der Waals surface area contributed by atoms with Gasteiger partial charge >= 0.3 is 0 Å². The van der Waals surface area contributed by atoms with Gasteiger partial charge in [-0.15, -0.1) is 0 Å². The standard InChI is InChI=1S/C11H14Cl2N4O/c1-16(13)11(18)8-2-3-9(10(12)15-8)17-6-4-14-5-7-17/h2-3,14H,4-7H2,1H3. The average molecular weight is 289 g/mol. The number of rotatable bonds is 2. The van der Waals surface area contributed by atoms with Crippen LogP contribution >= 0.6 is 23.4 Å². The molecule has 7 heteroatoms. The van der Waals surface area contributed by atoms with Crippen LogP contribution in [0.2, 0.25) is 5.15 Å². The second-order valence-corrected chi connectivity index (χ2v) is 4.89. The predicted molar refractivity (Wildman–Crippen MR) is 72.3 cm³/mol. The minimum Gasteiger partial charge on any atom is -0.366 e. The third kappa shape index (κ3) is 2.85. The van der Waals surface area contributed by atoms with Crippen LogP contribution in [0.15, 0.2) is 12.1 Å². The van der Waals surface area contributed by atoms with E-state index in [1.54, 1.807) is 6.07 Å². The molecule has 1 saturated heterocycles. The van der Waals surface area contributed by atoms with Gasteiger partial charge in [-0.1, -0.05) is 11.6 Å². The van der Waals surface area contributed by atoms with Crippen molar-refractivity contribution in [2.45, 2.75) is 0 Å². The number of amides is 1. The van der Waals surface area contributed by atoms with Crippen molar-refractivity contribution in [3.05, 3.63) is 23.0 Å². The van der Waals surface area contributed by atoms with Crippen LogP contribution in [0.25, 0.3) is 0 Å². The van der Waals surface area contributed by atoms with Gasteiger partial charge in [-0.05, 0) is 12.1 Å². The molecule has 1 amide bonds. The zero-order valence-corrected chi connectivity index (χ0v) is 11.5. The van der Waals surface area contributed by atoms with E-state index in [0.717, 1.165) is 36.3 Å². The van der Waals surface area contributed by atoms with Crippen LogP contribution in [0, 0.1) is 0 Å². The summed E-state index contributed by atoms with van der Waals surface area (Å²) in [6.07, 6.45) is 0. The molecule has 1 aliphatic heterocycles. The smallest absolute Gasteiger partial charge is 0.286 e. The van der Waals surface area contributed by atoms with Gasteiger partial charge in [-0.3, -0.25) is 9.21 Å². The Labute approximate surface area is 116 Å². The molecule has 1 aliphatic rings. The number of carbonyl (C=O) groups is 1. The number of nitrogens with zero attached hydrogens (tertiary/aromatic N) is 3. The highest BCUT2D eigenvalue weighted by Gasteiger charge is 2.17. The molecule has 1 aromatic heterocycles. The number of halogens is 2. The van der Waals surface area contributed by atoms with Crippen LogP contribution in [0.4, 0.5) is 5.69 Å². The van der Waals surface area contributed by atoms with Gasteiger partial charge in [0.2, 0.25) is 0 Å². The summed E-state index contributed by atoms with van der Waals surface area (Å²) in [4.78, 5) is 17.9. The molecule has 18 heavy (non-hydrogen) atoms. The summed E-state index contributed by atoms with van der Waals surface area (Å²) in [6.45, 7) is 3.59. The van der Waals surface area contributed by atoms with E-state index in [1.165, 1.54) is 7.05 Å². The molecule has 0 atom stereocenters. The van der Waals surface area contributed by atoms with Crippen molar-refractivity contribution in [2.24, 2.45) is 0 Å². The maximum Gasteiger partial charge on any atom is 0.286 e. The average Bonchev–Trinajstić information content (AvgIpc) is 2.38. The zero-order valence-electron chi connectivity index (χ0n) is 9.99. The van der Waals surface area contributed by atoms with Gasteiger partial charge in [0, 0.05) is 45.0 Å². The van der Waals surface area contributed by atoms with E-state index in [2.05, 4.69) is 15.2 Å². The van der Waals surface area contributed by atoms with Crippen molar-refractivity contribution in [1.82, 2.24) is 14.7 Å². The van der Waals surface area contributed by atoms with E-state index >= 15 is 0 Å². The number of hydrogen-bond donors (Lipinski definition) is 1. The summed E-state index contributed by atoms with van der Waals surface area (Å²) < 4.78 is 0.961. The SMILES string of the molecule is CN(Cl)C(=O)c1ccc(N2CCNCC2)c(Cl)n1. The first kappa shape index (κ1) is 13.4. The fourth-order valence-electron chi connectivity index (χ4n) is 1.85. The minimum atomic E-state index is -0.370. The second-order valence-electron chi connectivity index (χ2n) is 4.03. The molecule has 0 bridgehead atoms. The zero-order chi connectivity index (χ0) is 13.1. The normalized spacial score (nSPS) is 15.6. The summed E-state index contributed by atoms with van der Waals surface area (Å²) in [5, 5.41) is 3.60. The molecule has 2 rings (SSSR count). The van der Waals surface area contributed by atoms with Gasteiger partial charge in [0.25, 0.3) is 5.91 Å². The van der Waals surface area contributed by atoms with Crippen LogP contribution in [0.1, 0.15) is 10.5 Å². The van der Waals surface area contributed by atoms with E-state index in [0.29, 0.717) is 5.15 Å². The monoisotopic (exact) mass is 288 g/mol. The molecule has 0 saturated carbocycles. The van der Waals surface area contributed by atoms with Crippen molar-refractivity contribution in [1.29, 1.82) is 0 Å². The molecule has 5 nitrogen and oxygen atoms in total. The lowest BCUT2D eigenvalue weighted by Gasteiger charge is -2.29. The first-order valence-corrected chi connectivity index (χ1v) is 6.37. The van der Waals surface area contributed by atoms with E-state index in [1.807, 2.05) is 6.07 Å². The van der Waals surface area contributed by atoms with Crippen LogP contribution in [0.3, 0.4) is 0 Å². The molecule has 0 spiro atoms. The van der Waals surface area contributed by atoms with Crippen molar-refractivity contribution < 1.29 is 4.79 Å². The summed E-state index contributed by atoms with van der Waals surface area (Å²) in [5.74, 6) is -0.370. The molecule has 0 unspecified atom stereocenters. The quantitative estimate of drug-likeness (QED) is 0.660. The molecule has 1 fully saturated rings. The predicted octanol–water partition coefficient (Wildman–Crippen LogP) is 1.37. The molecule has 0 radical (unpaired) electrons. The number of pyridine rings is 1. The lowest BCUT2D eigenvalue weighted by Crippen LogP contribution is -2.43. The van der Waals surface area contributed by atoms with Gasteiger partial charge in [-0.25, -0.2) is 4.98 Å². The summed E-state index contributed by atoms with van der Waals surface area (Å²) in [7, 11) is 1.46. The Morgan fingerprint density at radius 1 is 1.44 bits per heavy atom. The first-order valence-electron chi connectivity index (χ1n) is 5.65.